The Bertz CT molecular complexity index is 743. The number of thioether (sulfide) groups is 2. The first kappa shape index (κ1) is 15.1. The molecule has 0 saturated carbocycles. The third-order valence-electron chi connectivity index (χ3n) is 2.72. The summed E-state index contributed by atoms with van der Waals surface area (Å²) in [6, 6.07) is 6.08. The van der Waals surface area contributed by atoms with Crippen LogP contribution in [0.2, 0.25) is 0 Å². The van der Waals surface area contributed by atoms with E-state index in [1.54, 1.807) is 30.1 Å². The van der Waals surface area contributed by atoms with Crippen LogP contribution in [0.25, 0.3) is 11.3 Å². The summed E-state index contributed by atoms with van der Waals surface area (Å²) in [6.45, 7) is 0. The van der Waals surface area contributed by atoms with Gasteiger partial charge in [-0.25, -0.2) is 9.37 Å². The number of hydrogen-bond acceptors (Lipinski definition) is 7. The summed E-state index contributed by atoms with van der Waals surface area (Å²) >= 11 is 2.99. The van der Waals surface area contributed by atoms with Crippen molar-refractivity contribution in [3.8, 4) is 11.3 Å². The Kier molecular flexibility index (Phi) is 4.79. The maximum Gasteiger partial charge on any atom is 0.277 e. The maximum absolute atomic E-state index is 12.9. The molecule has 0 N–H and O–H groups in total. The lowest BCUT2D eigenvalue weighted by molar-refractivity contribution is 0.426. The van der Waals surface area contributed by atoms with Crippen LogP contribution in [0.5, 0.6) is 0 Å². The normalized spacial score (nSPS) is 11.0. The van der Waals surface area contributed by atoms with Crippen molar-refractivity contribution in [2.75, 3.05) is 6.26 Å². The second kappa shape index (κ2) is 6.97. The van der Waals surface area contributed by atoms with Crippen LogP contribution in [-0.4, -0.2) is 21.4 Å². The zero-order valence-corrected chi connectivity index (χ0v) is 13.3. The molecule has 0 aliphatic carbocycles. The van der Waals surface area contributed by atoms with Crippen LogP contribution in [0.1, 0.15) is 11.8 Å². The molecule has 2 heterocycles. The number of halogens is 1. The Labute approximate surface area is 134 Å². The highest BCUT2D eigenvalue weighted by Crippen LogP contribution is 2.25. The van der Waals surface area contributed by atoms with Crippen LogP contribution in [0, 0.1) is 5.82 Å². The van der Waals surface area contributed by atoms with Gasteiger partial charge in [-0.15, -0.1) is 10.2 Å². The molecule has 1 aromatic carbocycles. The quantitative estimate of drug-likeness (QED) is 0.629. The van der Waals surface area contributed by atoms with Crippen LogP contribution < -0.4 is 0 Å². The Morgan fingerprint density at radius 2 is 1.86 bits per heavy atom. The van der Waals surface area contributed by atoms with E-state index >= 15 is 0 Å². The van der Waals surface area contributed by atoms with E-state index in [0.717, 1.165) is 5.56 Å². The molecule has 0 fully saturated rings. The minimum absolute atomic E-state index is 0.281. The monoisotopic (exact) mass is 337 g/mol. The summed E-state index contributed by atoms with van der Waals surface area (Å²) in [7, 11) is 0. The van der Waals surface area contributed by atoms with Crippen LogP contribution in [0.3, 0.4) is 0 Å². The first-order valence-electron chi connectivity index (χ1n) is 6.39. The Morgan fingerprint density at radius 3 is 2.64 bits per heavy atom. The predicted octanol–water partition coefficient (Wildman–Crippen LogP) is 4.02. The molecule has 8 heteroatoms. The maximum atomic E-state index is 12.9. The summed E-state index contributed by atoms with van der Waals surface area (Å²) in [5, 5.41) is 8.37. The fraction of sp³-hybridized carbons (Fsp3) is 0.214. The number of nitrogens with zero attached hydrogens (tertiary/aromatic N) is 3. The lowest BCUT2D eigenvalue weighted by Crippen LogP contribution is -1.79. The number of benzene rings is 1. The van der Waals surface area contributed by atoms with E-state index < -0.39 is 0 Å². The molecule has 0 spiro atoms. The summed E-state index contributed by atoms with van der Waals surface area (Å²) in [5.41, 5.74) is 0.783. The van der Waals surface area contributed by atoms with Crippen molar-refractivity contribution in [1.82, 2.24) is 15.2 Å². The van der Waals surface area contributed by atoms with Gasteiger partial charge in [-0.2, -0.15) is 11.8 Å². The fourth-order valence-electron chi connectivity index (χ4n) is 1.73. The average Bonchev–Trinajstić information content (AvgIpc) is 3.16. The van der Waals surface area contributed by atoms with Crippen LogP contribution >= 0.6 is 23.5 Å². The molecule has 3 rings (SSSR count). The summed E-state index contributed by atoms with van der Waals surface area (Å²) in [4.78, 5) is 4.20. The largest absolute Gasteiger partial charge is 0.440 e. The molecule has 0 aliphatic rings. The molecule has 2 aromatic heterocycles. The van der Waals surface area contributed by atoms with Gasteiger partial charge in [0, 0.05) is 5.56 Å². The Balaban J connectivity index is 1.62. The third-order valence-corrected chi connectivity index (χ3v) is 4.06. The molecule has 0 aliphatic heterocycles. The van der Waals surface area contributed by atoms with Crippen molar-refractivity contribution in [1.29, 1.82) is 0 Å². The Morgan fingerprint density at radius 1 is 1.05 bits per heavy atom. The van der Waals surface area contributed by atoms with Crippen molar-refractivity contribution in [3.63, 3.8) is 0 Å². The van der Waals surface area contributed by atoms with Gasteiger partial charge in [-0.1, -0.05) is 11.8 Å². The van der Waals surface area contributed by atoms with E-state index in [4.69, 9.17) is 8.83 Å². The topological polar surface area (TPSA) is 65.0 Å². The molecule has 0 saturated heterocycles. The molecule has 0 amide bonds. The van der Waals surface area contributed by atoms with Crippen LogP contribution in [0.15, 0.2) is 44.5 Å². The van der Waals surface area contributed by atoms with Gasteiger partial charge in [0.25, 0.3) is 5.22 Å². The summed E-state index contributed by atoms with van der Waals surface area (Å²) in [6.07, 6.45) is 3.59. The Hall–Kier alpha value is -1.80. The zero-order valence-electron chi connectivity index (χ0n) is 11.7. The number of aromatic nitrogens is 3. The fourth-order valence-corrected chi connectivity index (χ4v) is 2.72. The molecule has 0 unspecified atom stereocenters. The zero-order chi connectivity index (χ0) is 15.4. The standard InChI is InChI=1S/C14H12FN3O2S2/c1-21-7-13-17-18-14(20-13)22-8-12-16-6-11(19-12)9-2-4-10(15)5-3-9/h2-6H,7-8H2,1H3. The van der Waals surface area contributed by atoms with E-state index in [1.165, 1.54) is 23.9 Å². The molecule has 0 atom stereocenters. The number of rotatable bonds is 6. The average molecular weight is 337 g/mol. The number of hydrogen-bond donors (Lipinski definition) is 0. The number of oxazole rings is 1. The highest BCUT2D eigenvalue weighted by atomic mass is 32.2. The van der Waals surface area contributed by atoms with Crippen molar-refractivity contribution < 1.29 is 13.2 Å². The van der Waals surface area contributed by atoms with Gasteiger partial charge in [0.1, 0.15) is 5.82 Å². The van der Waals surface area contributed by atoms with E-state index in [-0.39, 0.29) is 5.82 Å². The van der Waals surface area contributed by atoms with Crippen LogP contribution in [-0.2, 0) is 11.5 Å². The van der Waals surface area contributed by atoms with Gasteiger partial charge in [0.05, 0.1) is 17.7 Å². The van der Waals surface area contributed by atoms with Gasteiger partial charge in [-0.05, 0) is 30.5 Å². The second-order valence-corrected chi connectivity index (χ2v) is 6.10. The third kappa shape index (κ3) is 3.69. The molecule has 22 heavy (non-hydrogen) atoms. The van der Waals surface area contributed by atoms with Gasteiger partial charge in [0.2, 0.25) is 11.8 Å². The highest BCUT2D eigenvalue weighted by Gasteiger charge is 2.10. The lowest BCUT2D eigenvalue weighted by atomic mass is 10.2. The van der Waals surface area contributed by atoms with Crippen molar-refractivity contribution in [2.24, 2.45) is 0 Å². The summed E-state index contributed by atoms with van der Waals surface area (Å²) in [5.74, 6) is 2.66. The van der Waals surface area contributed by atoms with Gasteiger partial charge in [-0.3, -0.25) is 0 Å². The van der Waals surface area contributed by atoms with E-state index in [0.29, 0.717) is 34.3 Å². The van der Waals surface area contributed by atoms with Gasteiger partial charge in [0.15, 0.2) is 5.76 Å². The van der Waals surface area contributed by atoms with E-state index in [1.807, 2.05) is 6.26 Å². The molecule has 3 aromatic rings. The molecular formula is C14H12FN3O2S2. The lowest BCUT2D eigenvalue weighted by Gasteiger charge is -1.95. The molecule has 114 valence electrons. The van der Waals surface area contributed by atoms with Crippen molar-refractivity contribution >= 4 is 23.5 Å². The first-order valence-corrected chi connectivity index (χ1v) is 8.77. The molecule has 0 radical (unpaired) electrons. The molecular weight excluding hydrogens is 325 g/mol. The minimum atomic E-state index is -0.281. The van der Waals surface area contributed by atoms with Crippen LogP contribution in [0.4, 0.5) is 4.39 Å². The molecule has 0 bridgehead atoms. The SMILES string of the molecule is CSCc1nnc(SCc2ncc(-c3ccc(F)cc3)o2)o1. The van der Waals surface area contributed by atoms with Gasteiger partial charge >= 0.3 is 0 Å². The van der Waals surface area contributed by atoms with Crippen molar-refractivity contribution in [2.45, 2.75) is 16.7 Å². The predicted molar refractivity (Wildman–Crippen MR) is 83.0 cm³/mol. The summed E-state index contributed by atoms with van der Waals surface area (Å²) < 4.78 is 24.0. The van der Waals surface area contributed by atoms with E-state index in [9.17, 15) is 4.39 Å². The minimum Gasteiger partial charge on any atom is -0.440 e. The first-order chi connectivity index (χ1) is 10.7. The highest BCUT2D eigenvalue weighted by molar-refractivity contribution is 7.98. The van der Waals surface area contributed by atoms with E-state index in [2.05, 4.69) is 15.2 Å². The van der Waals surface area contributed by atoms with Crippen molar-refractivity contribution in [3.05, 3.63) is 48.1 Å². The molecule has 5 nitrogen and oxygen atoms in total. The van der Waals surface area contributed by atoms with Gasteiger partial charge < -0.3 is 8.83 Å². The smallest absolute Gasteiger partial charge is 0.277 e. The second-order valence-electron chi connectivity index (χ2n) is 4.31.